The molecule has 1 aliphatic rings. The van der Waals surface area contributed by atoms with Gasteiger partial charge in [-0.15, -0.1) is 0 Å². The molecule has 18 heteroatoms. The molecule has 0 saturated carbocycles. The van der Waals surface area contributed by atoms with Crippen LogP contribution in [0, 0.1) is 0 Å². The zero-order valence-corrected chi connectivity index (χ0v) is 21.1. The highest BCUT2D eigenvalue weighted by Crippen LogP contribution is 2.80. The van der Waals surface area contributed by atoms with Gasteiger partial charge in [0.2, 0.25) is 0 Å². The van der Waals surface area contributed by atoms with Crippen LogP contribution in [0.25, 0.3) is 11.2 Å². The standard InChI is InChI=1S/C16H23N5O10P2S/c1-8(22)29-12-10(5-28-33(25,34)32(24,26-3)27-4)31-16(13(12)30-9(2)23)21-7-20-11-14(17)18-6-19-15(11)21/h6-7,10,12-13,16H,5H2,1-4H3,(H,25,34)(H2,17,18,19)/t10-,12-,13-,16-,33?/m1/s1. The van der Waals surface area contributed by atoms with E-state index in [0.717, 1.165) is 21.1 Å². The lowest BCUT2D eigenvalue weighted by Gasteiger charge is -2.26. The Morgan fingerprint density at radius 2 is 1.79 bits per heavy atom. The molecule has 0 aromatic carbocycles. The third-order valence-electron chi connectivity index (χ3n) is 4.73. The first-order chi connectivity index (χ1) is 15.9. The predicted molar refractivity (Wildman–Crippen MR) is 119 cm³/mol. The molecule has 2 aromatic rings. The number of imidazole rings is 1. The Morgan fingerprint density at radius 1 is 1.18 bits per heavy atom. The molecule has 15 nitrogen and oxygen atoms in total. The number of carbonyl (C=O) groups is 2. The maximum Gasteiger partial charge on any atom is 0.410 e. The second-order valence-corrected chi connectivity index (χ2v) is 15.2. The third kappa shape index (κ3) is 5.14. The Bertz CT molecular complexity index is 1170. The fourth-order valence-corrected chi connectivity index (χ4v) is 7.59. The van der Waals surface area contributed by atoms with Crippen LogP contribution in [0.1, 0.15) is 20.1 Å². The van der Waals surface area contributed by atoms with Gasteiger partial charge in [0.25, 0.3) is 0 Å². The normalized spacial score (nSPS) is 24.6. The van der Waals surface area contributed by atoms with E-state index in [1.54, 1.807) is 0 Å². The van der Waals surface area contributed by atoms with Gasteiger partial charge in [-0.3, -0.25) is 14.2 Å². The predicted octanol–water partition coefficient (Wildman–Crippen LogP) is 0.889. The molecule has 34 heavy (non-hydrogen) atoms. The molecule has 3 N–H and O–H groups in total. The largest absolute Gasteiger partial charge is 0.456 e. The number of nitrogen functional groups attached to an aromatic ring is 1. The van der Waals surface area contributed by atoms with Crippen molar-refractivity contribution in [3.63, 3.8) is 0 Å². The summed E-state index contributed by atoms with van der Waals surface area (Å²) in [7, 11) is -2.07. The van der Waals surface area contributed by atoms with Crippen LogP contribution in [0.2, 0.25) is 0 Å². The molecule has 0 radical (unpaired) electrons. The van der Waals surface area contributed by atoms with Crippen LogP contribution in [0.15, 0.2) is 12.7 Å². The molecule has 2 aromatic heterocycles. The van der Waals surface area contributed by atoms with Gasteiger partial charge in [-0.25, -0.2) is 19.5 Å². The number of hydrogen-bond donors (Lipinski definition) is 2. The van der Waals surface area contributed by atoms with E-state index in [2.05, 4.69) is 15.0 Å². The Morgan fingerprint density at radius 3 is 2.38 bits per heavy atom. The summed E-state index contributed by atoms with van der Waals surface area (Å²) in [5, 5.41) is 0. The molecule has 1 fully saturated rings. The van der Waals surface area contributed by atoms with Crippen molar-refractivity contribution in [3.05, 3.63) is 12.7 Å². The van der Waals surface area contributed by atoms with Crippen molar-refractivity contribution in [2.24, 2.45) is 0 Å². The number of rotatable bonds is 9. The van der Waals surface area contributed by atoms with Crippen molar-refractivity contribution in [3.8, 4) is 0 Å². The van der Waals surface area contributed by atoms with Crippen LogP contribution >= 0.6 is 13.5 Å². The Hall–Kier alpha value is -2.03. The second kappa shape index (κ2) is 10.3. The molecule has 1 unspecified atom stereocenters. The summed E-state index contributed by atoms with van der Waals surface area (Å²) in [6.45, 7) is 1.80. The average Bonchev–Trinajstić information content (AvgIpc) is 3.33. The van der Waals surface area contributed by atoms with Crippen LogP contribution in [0.4, 0.5) is 5.82 Å². The maximum absolute atomic E-state index is 12.6. The van der Waals surface area contributed by atoms with E-state index >= 15 is 0 Å². The zero-order chi connectivity index (χ0) is 25.3. The summed E-state index contributed by atoms with van der Waals surface area (Å²) >= 11 is 4.96. The summed E-state index contributed by atoms with van der Waals surface area (Å²) < 4.78 is 45.6. The lowest BCUT2D eigenvalue weighted by atomic mass is 10.1. The lowest BCUT2D eigenvalue weighted by molar-refractivity contribution is -0.165. The van der Waals surface area contributed by atoms with Gasteiger partial charge < -0.3 is 38.4 Å². The SMILES string of the molecule is COP(=O)(OC)P(O)(=S)OC[C@H]1O[C@@H](n2cnc3c(N)ncnc32)[C@H](OC(C)=O)[C@@H]1OC(C)=O. The van der Waals surface area contributed by atoms with Crippen molar-refractivity contribution < 1.29 is 46.8 Å². The van der Waals surface area contributed by atoms with E-state index in [9.17, 15) is 19.0 Å². The molecule has 0 spiro atoms. The van der Waals surface area contributed by atoms with E-state index in [-0.39, 0.29) is 17.0 Å². The summed E-state index contributed by atoms with van der Waals surface area (Å²) in [6.07, 6.45) is -6.21. The number of esters is 2. The molecule has 1 aliphatic heterocycles. The van der Waals surface area contributed by atoms with Crippen molar-refractivity contribution in [1.29, 1.82) is 0 Å². The number of carbonyl (C=O) groups excluding carboxylic acids is 2. The summed E-state index contributed by atoms with van der Waals surface area (Å²) in [5.41, 5.74) is 6.36. The van der Waals surface area contributed by atoms with Crippen molar-refractivity contribution in [2.45, 2.75) is 38.4 Å². The van der Waals surface area contributed by atoms with Crippen LogP contribution in [0.5, 0.6) is 0 Å². The van der Waals surface area contributed by atoms with Crippen LogP contribution < -0.4 is 5.73 Å². The zero-order valence-electron chi connectivity index (χ0n) is 18.5. The molecule has 0 bridgehead atoms. The number of nitrogens with zero attached hydrogens (tertiary/aromatic N) is 4. The number of anilines is 1. The quantitative estimate of drug-likeness (QED) is 0.336. The molecular formula is C16H23N5O10P2S. The highest BCUT2D eigenvalue weighted by molar-refractivity contribution is 8.47. The molecule has 1 saturated heterocycles. The molecule has 0 aliphatic carbocycles. The van der Waals surface area contributed by atoms with Crippen molar-refractivity contribution in [2.75, 3.05) is 26.6 Å². The monoisotopic (exact) mass is 539 g/mol. The van der Waals surface area contributed by atoms with E-state index < -0.39 is 56.5 Å². The molecule has 3 heterocycles. The van der Waals surface area contributed by atoms with E-state index in [1.807, 2.05) is 0 Å². The highest BCUT2D eigenvalue weighted by atomic mass is 32.6. The topological polar surface area (TPSA) is 196 Å². The van der Waals surface area contributed by atoms with Gasteiger partial charge in [-0.05, 0) is 11.8 Å². The fraction of sp³-hybridized carbons (Fsp3) is 0.562. The van der Waals surface area contributed by atoms with E-state index in [0.29, 0.717) is 0 Å². The number of hydrogen-bond acceptors (Lipinski definition) is 14. The molecule has 188 valence electrons. The Kier molecular flexibility index (Phi) is 8.05. The molecule has 5 atom stereocenters. The first kappa shape index (κ1) is 26.6. The molecular weight excluding hydrogens is 516 g/mol. The smallest absolute Gasteiger partial charge is 0.410 e. The van der Waals surface area contributed by atoms with Gasteiger partial charge in [0, 0.05) is 28.1 Å². The number of fused-ring (bicyclic) bond motifs is 1. The minimum atomic E-state index is -4.16. The van der Waals surface area contributed by atoms with Crippen LogP contribution in [-0.4, -0.2) is 75.5 Å². The van der Waals surface area contributed by atoms with Gasteiger partial charge in [-0.1, -0.05) is 0 Å². The van der Waals surface area contributed by atoms with Gasteiger partial charge in [0.05, 0.1) is 12.9 Å². The summed E-state index contributed by atoms with van der Waals surface area (Å²) in [4.78, 5) is 46.3. The maximum atomic E-state index is 12.6. The fourth-order valence-electron chi connectivity index (χ4n) is 3.30. The first-order valence-electron chi connectivity index (χ1n) is 9.56. The Labute approximate surface area is 198 Å². The highest BCUT2D eigenvalue weighted by Gasteiger charge is 2.52. The van der Waals surface area contributed by atoms with Gasteiger partial charge >= 0.3 is 25.4 Å². The minimum Gasteiger partial charge on any atom is -0.456 e. The van der Waals surface area contributed by atoms with Gasteiger partial charge in [0.1, 0.15) is 17.9 Å². The van der Waals surface area contributed by atoms with Crippen molar-refractivity contribution in [1.82, 2.24) is 19.5 Å². The van der Waals surface area contributed by atoms with E-state index in [4.69, 9.17) is 45.3 Å². The number of nitrogens with two attached hydrogens (primary N) is 1. The number of ether oxygens (including phenoxy) is 3. The molecule has 0 amide bonds. The van der Waals surface area contributed by atoms with Crippen LogP contribution in [-0.2, 0) is 53.7 Å². The van der Waals surface area contributed by atoms with Gasteiger partial charge in [-0.2, -0.15) is 0 Å². The van der Waals surface area contributed by atoms with Gasteiger partial charge in [0.15, 0.2) is 29.9 Å². The second-order valence-electron chi connectivity index (χ2n) is 6.92. The lowest BCUT2D eigenvalue weighted by Crippen LogP contribution is -2.40. The molecule has 3 rings (SSSR count). The average molecular weight is 539 g/mol. The summed E-state index contributed by atoms with van der Waals surface area (Å²) in [6, 6.07) is 0. The van der Waals surface area contributed by atoms with Crippen LogP contribution in [0.3, 0.4) is 0 Å². The number of aromatic nitrogens is 4. The third-order valence-corrected chi connectivity index (χ3v) is 12.1. The van der Waals surface area contributed by atoms with E-state index in [1.165, 1.54) is 24.1 Å². The van der Waals surface area contributed by atoms with Crippen molar-refractivity contribution >= 4 is 54.2 Å². The summed E-state index contributed by atoms with van der Waals surface area (Å²) in [5.74, 6) is -1.29. The minimum absolute atomic E-state index is 0.109. The Balaban J connectivity index is 1.98. The first-order valence-corrected chi connectivity index (χ1v) is 14.5.